The number of fused-ring (bicyclic) bond motifs is 3. The largest absolute Gasteiger partial charge is 0.393 e. The van der Waals surface area contributed by atoms with Gasteiger partial charge in [0, 0.05) is 12.3 Å². The summed E-state index contributed by atoms with van der Waals surface area (Å²) in [7, 11) is 0. The number of amides is 1. The van der Waals surface area contributed by atoms with Crippen LogP contribution in [0.2, 0.25) is 0 Å². The zero-order valence-corrected chi connectivity index (χ0v) is 17.5. The predicted molar refractivity (Wildman–Crippen MR) is 113 cm³/mol. The number of aliphatic hydroxyl groups is 1. The lowest BCUT2D eigenvalue weighted by atomic mass is 9.90. The highest BCUT2D eigenvalue weighted by molar-refractivity contribution is 5.81. The molecule has 2 aliphatic rings. The molecule has 1 amide bonds. The third-order valence-corrected chi connectivity index (χ3v) is 6.38. The van der Waals surface area contributed by atoms with Crippen LogP contribution in [0.15, 0.2) is 54.6 Å². The van der Waals surface area contributed by atoms with E-state index in [0.717, 1.165) is 12.0 Å². The average molecular weight is 394 g/mol. The molecule has 4 heteroatoms. The smallest absolute Gasteiger partial charge is 0.228 e. The lowest BCUT2D eigenvalue weighted by Gasteiger charge is -2.37. The normalized spacial score (nSPS) is 24.1. The van der Waals surface area contributed by atoms with Gasteiger partial charge in [-0.05, 0) is 49.8 Å². The Balaban J connectivity index is 1.66. The molecule has 1 aliphatic carbocycles. The Morgan fingerprint density at radius 3 is 2.59 bits per heavy atom. The van der Waals surface area contributed by atoms with Crippen molar-refractivity contribution in [1.82, 2.24) is 4.90 Å². The van der Waals surface area contributed by atoms with Crippen LogP contribution in [0.25, 0.3) is 0 Å². The first-order chi connectivity index (χ1) is 13.9. The maximum absolute atomic E-state index is 13.9. The molecule has 0 aromatic heterocycles. The van der Waals surface area contributed by atoms with Crippen LogP contribution in [-0.4, -0.2) is 33.8 Å². The summed E-state index contributed by atoms with van der Waals surface area (Å²) < 4.78 is 6.36. The van der Waals surface area contributed by atoms with Gasteiger partial charge in [-0.1, -0.05) is 61.5 Å². The number of hydrogen-bond donors (Lipinski definition) is 1. The SMILES string of the molecule is CCC(O)CC(Cc1ccccc1)C(=O)N1C2c3ccccc3C[C@H]2OC1(C)C. The monoisotopic (exact) mass is 393 g/mol. The highest BCUT2D eigenvalue weighted by Gasteiger charge is 2.54. The van der Waals surface area contributed by atoms with Crippen molar-refractivity contribution in [3.05, 3.63) is 71.3 Å². The molecule has 2 aromatic carbocycles. The number of carbonyl (C=O) groups is 1. The first-order valence-electron chi connectivity index (χ1n) is 10.7. The van der Waals surface area contributed by atoms with E-state index >= 15 is 0 Å². The van der Waals surface area contributed by atoms with Crippen LogP contribution in [0.3, 0.4) is 0 Å². The second-order valence-corrected chi connectivity index (χ2v) is 8.84. The van der Waals surface area contributed by atoms with Crippen molar-refractivity contribution in [3.63, 3.8) is 0 Å². The fraction of sp³-hybridized carbons (Fsp3) is 0.480. The Morgan fingerprint density at radius 2 is 1.86 bits per heavy atom. The van der Waals surface area contributed by atoms with Gasteiger partial charge in [0.2, 0.25) is 5.91 Å². The van der Waals surface area contributed by atoms with E-state index in [1.54, 1.807) is 0 Å². The third-order valence-electron chi connectivity index (χ3n) is 6.38. The lowest BCUT2D eigenvalue weighted by molar-refractivity contribution is -0.153. The molecule has 1 saturated heterocycles. The molecule has 4 nitrogen and oxygen atoms in total. The minimum absolute atomic E-state index is 0.000163. The minimum Gasteiger partial charge on any atom is -0.393 e. The van der Waals surface area contributed by atoms with Crippen molar-refractivity contribution >= 4 is 5.91 Å². The number of nitrogens with zero attached hydrogens (tertiary/aromatic N) is 1. The number of rotatable bonds is 6. The lowest BCUT2D eigenvalue weighted by Crippen LogP contribution is -2.48. The van der Waals surface area contributed by atoms with Gasteiger partial charge in [0.15, 0.2) is 0 Å². The molecular weight excluding hydrogens is 362 g/mol. The van der Waals surface area contributed by atoms with E-state index in [-0.39, 0.29) is 24.0 Å². The number of ether oxygens (including phenoxy) is 1. The standard InChI is InChI=1S/C25H31NO3/c1-4-20(27)15-19(14-17-10-6-5-7-11-17)24(28)26-23-21-13-9-8-12-18(21)16-22(23)29-25(26,2)3/h5-13,19-20,22-23,27H,4,14-16H2,1-3H3/t19?,20?,22-,23?/m1/s1. The average Bonchev–Trinajstić information content (AvgIpc) is 3.17. The third kappa shape index (κ3) is 3.84. The van der Waals surface area contributed by atoms with E-state index in [1.165, 1.54) is 11.1 Å². The molecule has 0 saturated carbocycles. The maximum atomic E-state index is 13.9. The fourth-order valence-electron chi connectivity index (χ4n) is 4.98. The highest BCUT2D eigenvalue weighted by Crippen LogP contribution is 2.49. The van der Waals surface area contributed by atoms with Crippen molar-refractivity contribution in [1.29, 1.82) is 0 Å². The van der Waals surface area contributed by atoms with Crippen LogP contribution >= 0.6 is 0 Å². The van der Waals surface area contributed by atoms with Gasteiger partial charge in [-0.2, -0.15) is 0 Å². The summed E-state index contributed by atoms with van der Waals surface area (Å²) in [6.45, 7) is 5.93. The summed E-state index contributed by atoms with van der Waals surface area (Å²) in [6.07, 6.45) is 2.10. The van der Waals surface area contributed by atoms with Gasteiger partial charge in [0.1, 0.15) is 5.72 Å². The molecule has 0 spiro atoms. The molecule has 1 fully saturated rings. The molecule has 1 heterocycles. The van der Waals surface area contributed by atoms with E-state index in [0.29, 0.717) is 19.3 Å². The van der Waals surface area contributed by atoms with Crippen LogP contribution < -0.4 is 0 Å². The summed E-state index contributed by atoms with van der Waals surface area (Å²) in [5, 5.41) is 10.4. The Bertz CT molecular complexity index is 863. The minimum atomic E-state index is -0.661. The Hall–Kier alpha value is -2.17. The molecule has 2 aromatic rings. The second-order valence-electron chi connectivity index (χ2n) is 8.84. The van der Waals surface area contributed by atoms with Gasteiger partial charge in [0.25, 0.3) is 0 Å². The van der Waals surface area contributed by atoms with Crippen molar-refractivity contribution in [2.45, 2.75) is 70.4 Å². The predicted octanol–water partition coefficient (Wildman–Crippen LogP) is 4.27. The van der Waals surface area contributed by atoms with Gasteiger partial charge < -0.3 is 14.7 Å². The molecular formula is C25H31NO3. The summed E-state index contributed by atoms with van der Waals surface area (Å²) in [4.78, 5) is 15.9. The Morgan fingerprint density at radius 1 is 1.17 bits per heavy atom. The van der Waals surface area contributed by atoms with Crippen molar-refractivity contribution < 1.29 is 14.6 Å². The Labute approximate surface area is 173 Å². The zero-order chi connectivity index (χ0) is 20.6. The second kappa shape index (κ2) is 7.92. The first-order valence-corrected chi connectivity index (χ1v) is 10.7. The van der Waals surface area contributed by atoms with Crippen molar-refractivity contribution in [3.8, 4) is 0 Å². The van der Waals surface area contributed by atoms with Gasteiger partial charge in [-0.3, -0.25) is 4.79 Å². The van der Waals surface area contributed by atoms with Crippen molar-refractivity contribution in [2.75, 3.05) is 0 Å². The molecule has 1 aliphatic heterocycles. The van der Waals surface area contributed by atoms with Gasteiger partial charge >= 0.3 is 0 Å². The first kappa shape index (κ1) is 20.1. The zero-order valence-electron chi connectivity index (χ0n) is 17.5. The summed E-state index contributed by atoms with van der Waals surface area (Å²) in [6, 6.07) is 18.4. The molecule has 4 rings (SSSR count). The van der Waals surface area contributed by atoms with E-state index in [2.05, 4.69) is 24.3 Å². The summed E-state index contributed by atoms with van der Waals surface area (Å²) in [5.41, 5.74) is 2.93. The van der Waals surface area contributed by atoms with E-state index in [1.807, 2.05) is 56.0 Å². The van der Waals surface area contributed by atoms with Crippen LogP contribution in [0.4, 0.5) is 0 Å². The van der Waals surface area contributed by atoms with Gasteiger partial charge in [0.05, 0.1) is 18.2 Å². The van der Waals surface area contributed by atoms with E-state index in [4.69, 9.17) is 4.74 Å². The van der Waals surface area contributed by atoms with Gasteiger partial charge in [-0.15, -0.1) is 0 Å². The molecule has 29 heavy (non-hydrogen) atoms. The number of carbonyl (C=O) groups excluding carboxylic acids is 1. The molecule has 0 radical (unpaired) electrons. The van der Waals surface area contributed by atoms with E-state index < -0.39 is 11.8 Å². The van der Waals surface area contributed by atoms with Crippen molar-refractivity contribution in [2.24, 2.45) is 5.92 Å². The maximum Gasteiger partial charge on any atom is 0.228 e. The molecule has 3 unspecified atom stereocenters. The molecule has 154 valence electrons. The number of aliphatic hydroxyl groups excluding tert-OH is 1. The van der Waals surface area contributed by atoms with Crippen LogP contribution in [0.5, 0.6) is 0 Å². The molecule has 1 N–H and O–H groups in total. The molecule has 0 bridgehead atoms. The Kier molecular flexibility index (Phi) is 5.50. The fourth-order valence-corrected chi connectivity index (χ4v) is 4.98. The van der Waals surface area contributed by atoms with E-state index in [9.17, 15) is 9.90 Å². The van der Waals surface area contributed by atoms with Crippen LogP contribution in [-0.2, 0) is 22.4 Å². The quantitative estimate of drug-likeness (QED) is 0.797. The van der Waals surface area contributed by atoms with Gasteiger partial charge in [-0.25, -0.2) is 0 Å². The van der Waals surface area contributed by atoms with Crippen LogP contribution in [0, 0.1) is 5.92 Å². The summed E-state index contributed by atoms with van der Waals surface area (Å²) in [5.74, 6) is -0.197. The highest BCUT2D eigenvalue weighted by atomic mass is 16.5. The number of hydrogen-bond acceptors (Lipinski definition) is 3. The number of benzene rings is 2. The summed E-state index contributed by atoms with van der Waals surface area (Å²) >= 11 is 0. The topological polar surface area (TPSA) is 49.8 Å². The molecule has 4 atom stereocenters. The van der Waals surface area contributed by atoms with Crippen LogP contribution in [0.1, 0.15) is 56.3 Å².